The lowest BCUT2D eigenvalue weighted by molar-refractivity contribution is 0.471. The van der Waals surface area contributed by atoms with Crippen LogP contribution < -0.4 is 0 Å². The summed E-state index contributed by atoms with van der Waals surface area (Å²) in [6.07, 6.45) is 0. The van der Waals surface area contributed by atoms with Gasteiger partial charge in [-0.25, -0.2) is 0 Å². The largest absolute Gasteiger partial charge is 0.506 e. The fourth-order valence-electron chi connectivity index (χ4n) is 0.776. The number of aromatic hydroxyl groups is 1. The van der Waals surface area contributed by atoms with Crippen LogP contribution in [0.5, 0.6) is 5.75 Å². The fourth-order valence-corrected chi connectivity index (χ4v) is 1.03. The average Bonchev–Trinajstić information content (AvgIpc) is 2.07. The fraction of sp³-hybridized carbons (Fsp3) is 0.143. The number of azide groups is 1. The van der Waals surface area contributed by atoms with Crippen molar-refractivity contribution in [2.45, 2.75) is 6.92 Å². The van der Waals surface area contributed by atoms with Crippen LogP contribution in [0.1, 0.15) is 5.56 Å². The molecule has 0 aliphatic rings. The summed E-state index contributed by atoms with van der Waals surface area (Å²) in [6.45, 7) is 1.71. The summed E-state index contributed by atoms with van der Waals surface area (Å²) in [5, 5.41) is 12.7. The molecule has 0 unspecified atom stereocenters. The molecule has 0 saturated heterocycles. The number of benzene rings is 1. The number of phenolic OH excluding ortho intramolecular Hbond substituents is 1. The zero-order valence-electron chi connectivity index (χ0n) is 6.32. The van der Waals surface area contributed by atoms with Gasteiger partial charge in [-0.15, -0.1) is 0 Å². The topological polar surface area (TPSA) is 69.0 Å². The van der Waals surface area contributed by atoms with Crippen molar-refractivity contribution in [3.05, 3.63) is 33.2 Å². The van der Waals surface area contributed by atoms with Gasteiger partial charge in [-0.3, -0.25) is 0 Å². The third-order valence-corrected chi connectivity index (χ3v) is 1.82. The van der Waals surface area contributed by atoms with E-state index in [9.17, 15) is 5.11 Å². The van der Waals surface area contributed by atoms with Crippen LogP contribution in [0.2, 0.25) is 5.02 Å². The van der Waals surface area contributed by atoms with E-state index >= 15 is 0 Å². The number of phenols is 1. The van der Waals surface area contributed by atoms with Gasteiger partial charge in [-0.05, 0) is 18.0 Å². The molecule has 1 aromatic carbocycles. The molecule has 0 spiro atoms. The maximum Gasteiger partial charge on any atom is 0.137 e. The van der Waals surface area contributed by atoms with Crippen LogP contribution >= 0.6 is 11.6 Å². The van der Waals surface area contributed by atoms with Gasteiger partial charge in [-0.2, -0.15) is 0 Å². The van der Waals surface area contributed by atoms with Crippen molar-refractivity contribution in [2.75, 3.05) is 0 Å². The SMILES string of the molecule is Cc1ccc(N=[N+]=[N-])c(Cl)c1O. The molecule has 4 nitrogen and oxygen atoms in total. The van der Waals surface area contributed by atoms with Crippen LogP contribution in [0.4, 0.5) is 5.69 Å². The summed E-state index contributed by atoms with van der Waals surface area (Å²) in [6, 6.07) is 3.18. The highest BCUT2D eigenvalue weighted by molar-refractivity contribution is 6.34. The molecule has 5 heteroatoms. The highest BCUT2D eigenvalue weighted by atomic mass is 35.5. The lowest BCUT2D eigenvalue weighted by Gasteiger charge is -2.02. The minimum absolute atomic E-state index is 0.0402. The normalized spacial score (nSPS) is 9.17. The summed E-state index contributed by atoms with van der Waals surface area (Å²) in [7, 11) is 0. The molecule has 0 radical (unpaired) electrons. The van der Waals surface area contributed by atoms with Crippen LogP contribution in [-0.4, -0.2) is 5.11 Å². The molecule has 0 atom stereocenters. The van der Waals surface area contributed by atoms with E-state index in [1.165, 1.54) is 0 Å². The van der Waals surface area contributed by atoms with Gasteiger partial charge in [0, 0.05) is 4.91 Å². The Kier molecular flexibility index (Phi) is 2.43. The van der Waals surface area contributed by atoms with E-state index < -0.39 is 0 Å². The first-order valence-corrected chi connectivity index (χ1v) is 3.57. The van der Waals surface area contributed by atoms with Crippen molar-refractivity contribution in [2.24, 2.45) is 5.11 Å². The maximum atomic E-state index is 9.30. The summed E-state index contributed by atoms with van der Waals surface area (Å²) in [4.78, 5) is 2.57. The summed E-state index contributed by atoms with van der Waals surface area (Å²) >= 11 is 5.66. The molecular weight excluding hydrogens is 178 g/mol. The number of hydrogen-bond acceptors (Lipinski definition) is 2. The van der Waals surface area contributed by atoms with Gasteiger partial charge in [0.1, 0.15) is 5.75 Å². The Hall–Kier alpha value is -1.38. The molecule has 0 bridgehead atoms. The van der Waals surface area contributed by atoms with Gasteiger partial charge in [0.05, 0.1) is 10.7 Å². The Bertz CT molecular complexity index is 358. The van der Waals surface area contributed by atoms with E-state index in [2.05, 4.69) is 10.0 Å². The second-order valence-electron chi connectivity index (χ2n) is 2.25. The maximum absolute atomic E-state index is 9.30. The lowest BCUT2D eigenvalue weighted by atomic mass is 10.2. The Morgan fingerprint density at radius 2 is 2.25 bits per heavy atom. The lowest BCUT2D eigenvalue weighted by Crippen LogP contribution is -1.75. The number of rotatable bonds is 1. The molecule has 0 fully saturated rings. The second kappa shape index (κ2) is 3.34. The summed E-state index contributed by atoms with van der Waals surface area (Å²) in [5.41, 5.74) is 9.01. The predicted molar refractivity (Wildman–Crippen MR) is 46.7 cm³/mol. The highest BCUT2D eigenvalue weighted by Crippen LogP contribution is 2.35. The third-order valence-electron chi connectivity index (χ3n) is 1.45. The number of aryl methyl sites for hydroxylation is 1. The molecule has 0 amide bonds. The van der Waals surface area contributed by atoms with Crippen LogP contribution in [-0.2, 0) is 0 Å². The van der Waals surface area contributed by atoms with Crippen LogP contribution in [0.3, 0.4) is 0 Å². The quantitative estimate of drug-likeness (QED) is 0.405. The molecule has 0 saturated carbocycles. The Morgan fingerprint density at radius 3 is 2.83 bits per heavy atom. The zero-order chi connectivity index (χ0) is 9.14. The molecule has 0 aliphatic heterocycles. The van der Waals surface area contributed by atoms with Gasteiger partial charge in [0.15, 0.2) is 0 Å². The molecule has 1 N–H and O–H groups in total. The Morgan fingerprint density at radius 1 is 1.58 bits per heavy atom. The van der Waals surface area contributed by atoms with Crippen LogP contribution in [0.25, 0.3) is 10.4 Å². The molecule has 0 heterocycles. The first-order chi connectivity index (χ1) is 5.66. The van der Waals surface area contributed by atoms with Crippen molar-refractivity contribution in [1.82, 2.24) is 0 Å². The second-order valence-corrected chi connectivity index (χ2v) is 2.63. The van der Waals surface area contributed by atoms with Gasteiger partial charge >= 0.3 is 0 Å². The van der Waals surface area contributed by atoms with E-state index in [-0.39, 0.29) is 16.5 Å². The highest BCUT2D eigenvalue weighted by Gasteiger charge is 2.05. The van der Waals surface area contributed by atoms with E-state index in [0.29, 0.717) is 5.56 Å². The van der Waals surface area contributed by atoms with Crippen molar-refractivity contribution >= 4 is 17.3 Å². The van der Waals surface area contributed by atoms with E-state index in [1.54, 1.807) is 19.1 Å². The molecule has 12 heavy (non-hydrogen) atoms. The van der Waals surface area contributed by atoms with Crippen molar-refractivity contribution in [3.63, 3.8) is 0 Å². The van der Waals surface area contributed by atoms with Gasteiger partial charge in [0.25, 0.3) is 0 Å². The van der Waals surface area contributed by atoms with Crippen LogP contribution in [0.15, 0.2) is 17.2 Å². The third kappa shape index (κ3) is 1.44. The first-order valence-electron chi connectivity index (χ1n) is 3.20. The standard InChI is InChI=1S/C7H6ClN3O/c1-4-2-3-5(10-11-9)6(8)7(4)12/h2-3,12H,1H3. The molecule has 0 aromatic heterocycles. The monoisotopic (exact) mass is 183 g/mol. The average molecular weight is 184 g/mol. The number of hydrogen-bond donors (Lipinski definition) is 1. The minimum atomic E-state index is -0.0402. The van der Waals surface area contributed by atoms with Crippen molar-refractivity contribution < 1.29 is 5.11 Å². The Labute approximate surface area is 74.0 Å². The van der Waals surface area contributed by atoms with Crippen molar-refractivity contribution in [3.8, 4) is 5.75 Å². The summed E-state index contributed by atoms with van der Waals surface area (Å²) in [5.74, 6) is -0.0402. The van der Waals surface area contributed by atoms with Gasteiger partial charge < -0.3 is 5.11 Å². The number of nitrogens with zero attached hydrogens (tertiary/aromatic N) is 3. The molecular formula is C7H6ClN3O. The number of halogens is 1. The predicted octanol–water partition coefficient (Wildman–Crippen LogP) is 3.30. The van der Waals surface area contributed by atoms with Crippen molar-refractivity contribution in [1.29, 1.82) is 0 Å². The van der Waals surface area contributed by atoms with Gasteiger partial charge in [0.2, 0.25) is 0 Å². The molecule has 1 rings (SSSR count). The summed E-state index contributed by atoms with van der Waals surface area (Å²) < 4.78 is 0. The van der Waals surface area contributed by atoms with E-state index in [1.807, 2.05) is 0 Å². The Balaban J connectivity index is 3.35. The minimum Gasteiger partial charge on any atom is -0.506 e. The van der Waals surface area contributed by atoms with E-state index in [0.717, 1.165) is 0 Å². The molecule has 0 aliphatic carbocycles. The van der Waals surface area contributed by atoms with Crippen LogP contribution in [0, 0.1) is 6.92 Å². The van der Waals surface area contributed by atoms with E-state index in [4.69, 9.17) is 17.1 Å². The molecule has 1 aromatic rings. The zero-order valence-corrected chi connectivity index (χ0v) is 7.08. The smallest absolute Gasteiger partial charge is 0.137 e. The first kappa shape index (κ1) is 8.71. The molecule has 62 valence electrons. The van der Waals surface area contributed by atoms with Gasteiger partial charge in [-0.1, -0.05) is 28.8 Å².